The lowest BCUT2D eigenvalue weighted by atomic mass is 9.98. The molecule has 5 heteroatoms. The molecule has 1 aliphatic carbocycles. The average molecular weight is 347 g/mol. The molecule has 2 rings (SSSR count). The first-order valence-electron chi connectivity index (χ1n) is 9.01. The van der Waals surface area contributed by atoms with Gasteiger partial charge in [0.1, 0.15) is 11.4 Å². The first kappa shape index (κ1) is 19.4. The Hall–Kier alpha value is -1.88. The van der Waals surface area contributed by atoms with Crippen molar-refractivity contribution < 1.29 is 19.4 Å². The number of rotatable bonds is 7. The van der Waals surface area contributed by atoms with Gasteiger partial charge >= 0.3 is 6.09 Å². The zero-order valence-electron chi connectivity index (χ0n) is 15.5. The molecule has 0 heterocycles. The van der Waals surface area contributed by atoms with Gasteiger partial charge in [-0.15, -0.1) is 0 Å². The van der Waals surface area contributed by atoms with Crippen LogP contribution in [0.3, 0.4) is 0 Å². The van der Waals surface area contributed by atoms with Crippen molar-refractivity contribution in [2.45, 2.75) is 70.6 Å². The third-order valence-corrected chi connectivity index (χ3v) is 4.39. The molecule has 1 aliphatic rings. The highest BCUT2D eigenvalue weighted by Gasteiger charge is 2.55. The first-order valence-corrected chi connectivity index (χ1v) is 9.01. The van der Waals surface area contributed by atoms with Gasteiger partial charge in [-0.1, -0.05) is 50.1 Å². The van der Waals surface area contributed by atoms with Gasteiger partial charge in [-0.2, -0.15) is 0 Å². The summed E-state index contributed by atoms with van der Waals surface area (Å²) in [6.07, 6.45) is 0.949. The number of hydrogen-bond acceptors (Lipinski definition) is 4. The number of aliphatic hydroxyl groups excluding tert-OH is 1. The number of amides is 1. The quantitative estimate of drug-likeness (QED) is 0.792. The van der Waals surface area contributed by atoms with E-state index in [1.54, 1.807) is 20.8 Å². The van der Waals surface area contributed by atoms with Gasteiger partial charge in [0.2, 0.25) is 0 Å². The van der Waals surface area contributed by atoms with E-state index < -0.39 is 29.8 Å². The summed E-state index contributed by atoms with van der Waals surface area (Å²) in [5.41, 5.74) is 0.315. The molecule has 1 aromatic rings. The molecule has 0 aliphatic heterocycles. The maximum Gasteiger partial charge on any atom is 0.407 e. The van der Waals surface area contributed by atoms with Crippen molar-refractivity contribution in [3.05, 3.63) is 35.9 Å². The van der Waals surface area contributed by atoms with Crippen LogP contribution in [0.25, 0.3) is 0 Å². The molecule has 2 N–H and O–H groups in total. The second kappa shape index (κ2) is 8.00. The Kier molecular flexibility index (Phi) is 6.22. The fourth-order valence-corrected chi connectivity index (χ4v) is 3.12. The summed E-state index contributed by atoms with van der Waals surface area (Å²) in [7, 11) is 0. The van der Waals surface area contributed by atoms with Gasteiger partial charge in [0.05, 0.1) is 24.0 Å². The predicted molar refractivity (Wildman–Crippen MR) is 96.4 cm³/mol. The van der Waals surface area contributed by atoms with Gasteiger partial charge < -0.3 is 15.2 Å². The number of aliphatic hydroxyl groups is 1. The molecule has 1 saturated carbocycles. The van der Waals surface area contributed by atoms with Crippen LogP contribution in [0.5, 0.6) is 0 Å². The molecular weight excluding hydrogens is 318 g/mol. The van der Waals surface area contributed by atoms with Gasteiger partial charge in [0.15, 0.2) is 0 Å². The second-order valence-electron chi connectivity index (χ2n) is 7.70. The smallest absolute Gasteiger partial charge is 0.407 e. The summed E-state index contributed by atoms with van der Waals surface area (Å²) in [5, 5.41) is 13.5. The Morgan fingerprint density at radius 2 is 1.92 bits per heavy atom. The van der Waals surface area contributed by atoms with E-state index in [1.807, 2.05) is 37.3 Å². The van der Waals surface area contributed by atoms with Crippen molar-refractivity contribution in [3.8, 4) is 0 Å². The number of ether oxygens (including phenoxy) is 1. The third kappa shape index (κ3) is 5.30. The molecule has 5 nitrogen and oxygen atoms in total. The standard InChI is InChI=1S/C20H29NO4/c1-5-6-12-14(21-19(24)25-20(2,3)4)17(22)16-15(18(16)23)13-10-8-7-9-11-13/h7-11,14-17,22H,5-6,12H2,1-4H3,(H,21,24)/t14-,15?,16?,17?/m0/s1. The Balaban J connectivity index is 2.04. The molecule has 4 atom stereocenters. The molecule has 3 unspecified atom stereocenters. The molecule has 1 aromatic carbocycles. The number of ketones is 1. The van der Waals surface area contributed by atoms with Crippen LogP contribution in [0.15, 0.2) is 30.3 Å². The first-order chi connectivity index (χ1) is 11.7. The molecule has 138 valence electrons. The van der Waals surface area contributed by atoms with E-state index in [9.17, 15) is 14.7 Å². The number of unbranched alkanes of at least 4 members (excludes halogenated alkanes) is 1. The van der Waals surface area contributed by atoms with Crippen LogP contribution in [-0.4, -0.2) is 34.7 Å². The Morgan fingerprint density at radius 3 is 2.48 bits per heavy atom. The summed E-state index contributed by atoms with van der Waals surface area (Å²) in [6, 6.07) is 8.98. The molecule has 0 aromatic heterocycles. The van der Waals surface area contributed by atoms with Crippen molar-refractivity contribution in [2.24, 2.45) is 5.92 Å². The zero-order chi connectivity index (χ0) is 18.6. The number of carbonyl (C=O) groups excluding carboxylic acids is 2. The minimum absolute atomic E-state index is 0.0335. The van der Waals surface area contributed by atoms with E-state index >= 15 is 0 Å². The normalized spacial score (nSPS) is 22.2. The number of Topliss-reactive ketones (excluding diaryl/α,β-unsaturated/α-hetero) is 1. The highest BCUT2D eigenvalue weighted by molar-refractivity contribution is 6.05. The summed E-state index contributed by atoms with van der Waals surface area (Å²) < 4.78 is 5.29. The van der Waals surface area contributed by atoms with Crippen molar-refractivity contribution >= 4 is 11.9 Å². The fraction of sp³-hybridized carbons (Fsp3) is 0.600. The molecule has 1 fully saturated rings. The lowest BCUT2D eigenvalue weighted by Gasteiger charge is -2.26. The molecule has 25 heavy (non-hydrogen) atoms. The predicted octanol–water partition coefficient (Wildman–Crippen LogP) is 3.41. The van der Waals surface area contributed by atoms with Gasteiger partial charge in [-0.25, -0.2) is 4.79 Å². The maximum absolute atomic E-state index is 12.2. The number of alkyl carbamates (subject to hydrolysis) is 1. The summed E-state index contributed by atoms with van der Waals surface area (Å²) in [4.78, 5) is 24.3. The topological polar surface area (TPSA) is 75.6 Å². The van der Waals surface area contributed by atoms with Crippen molar-refractivity contribution in [1.82, 2.24) is 5.32 Å². The molecule has 1 amide bonds. The van der Waals surface area contributed by atoms with Crippen LogP contribution in [-0.2, 0) is 9.53 Å². The van der Waals surface area contributed by atoms with Gasteiger partial charge in [0.25, 0.3) is 0 Å². The summed E-state index contributed by atoms with van der Waals surface area (Å²) in [6.45, 7) is 7.42. The summed E-state index contributed by atoms with van der Waals surface area (Å²) in [5.74, 6) is -0.703. The van der Waals surface area contributed by atoms with Crippen LogP contribution in [0.1, 0.15) is 58.4 Å². The second-order valence-corrected chi connectivity index (χ2v) is 7.70. The Bertz CT molecular complexity index is 593. The van der Waals surface area contributed by atoms with E-state index in [0.29, 0.717) is 6.42 Å². The van der Waals surface area contributed by atoms with Crippen LogP contribution < -0.4 is 5.32 Å². The fourth-order valence-electron chi connectivity index (χ4n) is 3.12. The third-order valence-electron chi connectivity index (χ3n) is 4.39. The highest BCUT2D eigenvalue weighted by atomic mass is 16.6. The molecule has 0 radical (unpaired) electrons. The highest BCUT2D eigenvalue weighted by Crippen LogP contribution is 2.46. The average Bonchev–Trinajstić information content (AvgIpc) is 3.21. The summed E-state index contributed by atoms with van der Waals surface area (Å²) >= 11 is 0. The Morgan fingerprint density at radius 1 is 1.28 bits per heavy atom. The minimum atomic E-state index is -0.906. The maximum atomic E-state index is 12.2. The molecule has 0 saturated heterocycles. The van der Waals surface area contributed by atoms with Crippen molar-refractivity contribution in [3.63, 3.8) is 0 Å². The van der Waals surface area contributed by atoms with Gasteiger partial charge in [-0.3, -0.25) is 4.79 Å². The molecule has 0 bridgehead atoms. The molecular formula is C20H29NO4. The number of nitrogens with one attached hydrogen (secondary N) is 1. The van der Waals surface area contributed by atoms with E-state index in [-0.39, 0.29) is 11.7 Å². The van der Waals surface area contributed by atoms with Crippen LogP contribution in [0.4, 0.5) is 4.79 Å². The lowest BCUT2D eigenvalue weighted by Crippen LogP contribution is -2.46. The largest absolute Gasteiger partial charge is 0.444 e. The minimum Gasteiger partial charge on any atom is -0.444 e. The van der Waals surface area contributed by atoms with E-state index in [2.05, 4.69) is 5.32 Å². The van der Waals surface area contributed by atoms with Crippen LogP contribution in [0.2, 0.25) is 0 Å². The Labute approximate surface area is 149 Å². The number of benzene rings is 1. The zero-order valence-corrected chi connectivity index (χ0v) is 15.5. The van der Waals surface area contributed by atoms with E-state index in [4.69, 9.17) is 4.74 Å². The van der Waals surface area contributed by atoms with Crippen molar-refractivity contribution in [1.29, 1.82) is 0 Å². The van der Waals surface area contributed by atoms with Crippen LogP contribution >= 0.6 is 0 Å². The van der Waals surface area contributed by atoms with Crippen molar-refractivity contribution in [2.75, 3.05) is 0 Å². The SMILES string of the molecule is CCCC[C@H](NC(=O)OC(C)(C)C)C(O)C1C(=O)C1c1ccccc1. The number of hydrogen-bond donors (Lipinski definition) is 2. The lowest BCUT2D eigenvalue weighted by molar-refractivity contribution is -0.112. The molecule has 0 spiro atoms. The monoisotopic (exact) mass is 347 g/mol. The van der Waals surface area contributed by atoms with Gasteiger partial charge in [-0.05, 0) is 32.8 Å². The van der Waals surface area contributed by atoms with Crippen LogP contribution in [0, 0.1) is 5.92 Å². The van der Waals surface area contributed by atoms with E-state index in [0.717, 1.165) is 18.4 Å². The van der Waals surface area contributed by atoms with E-state index in [1.165, 1.54) is 0 Å². The van der Waals surface area contributed by atoms with Gasteiger partial charge in [0, 0.05) is 0 Å². The number of carbonyl (C=O) groups is 2.